The third-order valence-electron chi connectivity index (χ3n) is 9.12. The van der Waals surface area contributed by atoms with Gasteiger partial charge in [0.1, 0.15) is 36.3 Å². The Bertz CT molecular complexity index is 1730. The third-order valence-corrected chi connectivity index (χ3v) is 9.77. The smallest absolute Gasteiger partial charge is 0.243 e. The summed E-state index contributed by atoms with van der Waals surface area (Å²) < 4.78 is 0. The molecule has 17 N–H and O–H groups in total. The SMILES string of the molecule is CSCC[C@H](NC(=O)[C@H](Cc1cnc[nH]1)NC(=O)[C@@H](N)CO)C(=O)NCCN=C(N)NCCNC(=O)[C@H](CCC(N)=O)NC(=O)CNC(=O)[C@@H](NC(=O)[C@@H](NC(C)=O)C(C)C)C(C)C. The van der Waals surface area contributed by atoms with Crippen LogP contribution < -0.4 is 65.1 Å². The topological polar surface area (TPSA) is 401 Å². The maximum atomic E-state index is 13.3. The number of hydrogen-bond acceptors (Lipinski definition) is 14. The average Bonchev–Trinajstić information content (AvgIpc) is 3.76. The molecule has 25 nitrogen and oxygen atoms in total. The molecule has 0 bridgehead atoms. The Balaban J connectivity index is 2.71. The highest BCUT2D eigenvalue weighted by molar-refractivity contribution is 7.98. The summed E-state index contributed by atoms with van der Waals surface area (Å²) in [5.74, 6) is -5.86. The van der Waals surface area contributed by atoms with Gasteiger partial charge < -0.3 is 75.1 Å². The van der Waals surface area contributed by atoms with Crippen molar-refractivity contribution in [3.8, 4) is 0 Å². The molecule has 0 fully saturated rings. The van der Waals surface area contributed by atoms with Crippen LogP contribution >= 0.6 is 11.8 Å². The van der Waals surface area contributed by atoms with Gasteiger partial charge in [0.15, 0.2) is 5.96 Å². The van der Waals surface area contributed by atoms with Gasteiger partial charge in [-0.15, -0.1) is 0 Å². The van der Waals surface area contributed by atoms with Gasteiger partial charge in [0, 0.05) is 51.3 Å². The Labute approximate surface area is 376 Å². The van der Waals surface area contributed by atoms with Gasteiger partial charge >= 0.3 is 0 Å². The molecule has 6 atom stereocenters. The number of imidazole rings is 1. The number of aliphatic hydroxyl groups is 1. The van der Waals surface area contributed by atoms with E-state index in [4.69, 9.17) is 17.2 Å². The van der Waals surface area contributed by atoms with Gasteiger partial charge in [0.05, 0.1) is 26.0 Å². The summed E-state index contributed by atoms with van der Waals surface area (Å²) in [4.78, 5) is 125. The van der Waals surface area contributed by atoms with Crippen molar-refractivity contribution in [2.75, 3.05) is 51.3 Å². The molecule has 64 heavy (non-hydrogen) atoms. The second-order valence-corrected chi connectivity index (χ2v) is 16.2. The molecule has 1 heterocycles. The number of primary amides is 1. The molecule has 0 aromatic carbocycles. The molecule has 1 aromatic rings. The number of amides is 9. The Morgan fingerprint density at radius 3 is 1.89 bits per heavy atom. The van der Waals surface area contributed by atoms with Crippen LogP contribution in [0.2, 0.25) is 0 Å². The highest BCUT2D eigenvalue weighted by atomic mass is 32.2. The second-order valence-electron chi connectivity index (χ2n) is 15.2. The van der Waals surface area contributed by atoms with Gasteiger partial charge in [-0.25, -0.2) is 4.98 Å². The minimum atomic E-state index is -1.26. The van der Waals surface area contributed by atoms with Crippen molar-refractivity contribution < 1.29 is 48.3 Å². The highest BCUT2D eigenvalue weighted by Crippen LogP contribution is 2.08. The number of carbonyl (C=O) groups excluding carboxylic acids is 9. The maximum Gasteiger partial charge on any atom is 0.243 e. The van der Waals surface area contributed by atoms with Crippen molar-refractivity contribution in [3.63, 3.8) is 0 Å². The summed E-state index contributed by atoms with van der Waals surface area (Å²) in [5, 5.41) is 32.6. The van der Waals surface area contributed by atoms with Gasteiger partial charge in [-0.3, -0.25) is 48.1 Å². The van der Waals surface area contributed by atoms with Crippen LogP contribution in [-0.4, -0.2) is 162 Å². The monoisotopic (exact) mass is 925 g/mol. The average molecular weight is 926 g/mol. The molecule has 1 aromatic heterocycles. The van der Waals surface area contributed by atoms with Gasteiger partial charge in [-0.2, -0.15) is 11.8 Å². The first-order valence-corrected chi connectivity index (χ1v) is 22.0. The van der Waals surface area contributed by atoms with Gasteiger partial charge in [0.25, 0.3) is 0 Å². The van der Waals surface area contributed by atoms with Gasteiger partial charge in [-0.05, 0) is 36.7 Å². The number of H-pyrrole nitrogens is 1. The standard InChI is InChI=1S/C38H67N15O10S/c1-20(2)30(53-37(63)31(21(3)4)49-22(5)55)36(62)47-17-29(57)50-25(7-8-28(40)56)33(59)43-10-12-45-38(41)46-13-11-44-34(60)26(9-14-64-6)51-35(61)27(15-23-16-42-19-48-23)52-32(58)24(39)18-54/h16,19-21,24-27,30-31,54H,7-15,17-18,39H2,1-6H3,(H2,40,56)(H,42,48)(H,43,59)(H,44,60)(H,47,62)(H,49,55)(H,50,57)(H,51,61)(H,52,58)(H,53,63)(H3,41,45,46)/t24-,25-,26-,27-,30-,31-/m0/s1. The van der Waals surface area contributed by atoms with E-state index in [1.165, 1.54) is 31.2 Å². The van der Waals surface area contributed by atoms with E-state index in [1.807, 2.05) is 6.26 Å². The summed E-state index contributed by atoms with van der Waals surface area (Å²) in [6, 6.07) is -6.50. The van der Waals surface area contributed by atoms with Crippen molar-refractivity contribution in [3.05, 3.63) is 18.2 Å². The lowest BCUT2D eigenvalue weighted by atomic mass is 9.99. The predicted octanol–water partition coefficient (Wildman–Crippen LogP) is -5.70. The van der Waals surface area contributed by atoms with Gasteiger partial charge in [0.2, 0.25) is 53.2 Å². The third kappa shape index (κ3) is 22.4. The number of nitrogens with one attached hydrogen (secondary N) is 10. The number of carbonyl (C=O) groups is 9. The van der Waals surface area contributed by atoms with Crippen LogP contribution in [0.25, 0.3) is 0 Å². The molecule has 0 aliphatic heterocycles. The molecule has 0 aliphatic carbocycles. The van der Waals surface area contributed by atoms with E-state index >= 15 is 0 Å². The number of hydrogen-bond donors (Lipinski definition) is 14. The van der Waals surface area contributed by atoms with Crippen molar-refractivity contribution >= 4 is 70.9 Å². The lowest BCUT2D eigenvalue weighted by Gasteiger charge is -2.26. The van der Waals surface area contributed by atoms with Gasteiger partial charge in [-0.1, -0.05) is 27.7 Å². The number of aromatic nitrogens is 2. The van der Waals surface area contributed by atoms with Crippen LogP contribution in [0.15, 0.2) is 17.5 Å². The quantitative estimate of drug-likeness (QED) is 0.0194. The molecule has 1 rings (SSSR count). The highest BCUT2D eigenvalue weighted by Gasteiger charge is 2.31. The van der Waals surface area contributed by atoms with Crippen molar-refractivity contribution in [1.29, 1.82) is 0 Å². The second kappa shape index (κ2) is 30.1. The first-order valence-electron chi connectivity index (χ1n) is 20.7. The Hall–Kier alpha value is -6.02. The Kier molecular flexibility index (Phi) is 26.4. The normalized spacial score (nSPS) is 14.1. The number of aliphatic imine (C=N–C) groups is 1. The lowest BCUT2D eigenvalue weighted by Crippen LogP contribution is -2.57. The number of aromatic amines is 1. The zero-order chi connectivity index (χ0) is 48.4. The molecule has 0 radical (unpaired) electrons. The largest absolute Gasteiger partial charge is 0.394 e. The summed E-state index contributed by atoms with van der Waals surface area (Å²) in [6.07, 6.45) is 4.62. The Morgan fingerprint density at radius 1 is 0.734 bits per heavy atom. The van der Waals surface area contributed by atoms with Crippen LogP contribution in [0.5, 0.6) is 0 Å². The number of aliphatic hydroxyl groups excluding tert-OH is 1. The predicted molar refractivity (Wildman–Crippen MR) is 237 cm³/mol. The van der Waals surface area contributed by atoms with E-state index < -0.39 is 108 Å². The Morgan fingerprint density at radius 2 is 1.33 bits per heavy atom. The fraction of sp³-hybridized carbons (Fsp3) is 0.658. The summed E-state index contributed by atoms with van der Waals surface area (Å²) in [7, 11) is 0. The zero-order valence-corrected chi connectivity index (χ0v) is 38.0. The van der Waals surface area contributed by atoms with Crippen LogP contribution in [0.4, 0.5) is 0 Å². The minimum absolute atomic E-state index is 0.00165. The molecule has 0 unspecified atom stereocenters. The van der Waals surface area contributed by atoms with Crippen molar-refractivity contribution in [2.45, 2.75) is 96.6 Å². The number of thioether (sulfide) groups is 1. The first kappa shape index (κ1) is 56.0. The molecular weight excluding hydrogens is 859 g/mol. The number of nitrogens with two attached hydrogens (primary N) is 3. The first-order chi connectivity index (χ1) is 30.2. The number of rotatable bonds is 30. The fourth-order valence-electron chi connectivity index (χ4n) is 5.61. The van der Waals surface area contributed by atoms with E-state index in [0.717, 1.165) is 0 Å². The van der Waals surface area contributed by atoms with E-state index in [2.05, 4.69) is 62.8 Å². The van der Waals surface area contributed by atoms with Crippen LogP contribution in [0, 0.1) is 11.8 Å². The molecular formula is C38H67N15O10S. The fourth-order valence-corrected chi connectivity index (χ4v) is 6.08. The van der Waals surface area contributed by atoms with E-state index in [9.17, 15) is 48.3 Å². The summed E-state index contributed by atoms with van der Waals surface area (Å²) in [6.45, 7) is 7.08. The summed E-state index contributed by atoms with van der Waals surface area (Å²) in [5.41, 5.74) is 17.4. The minimum Gasteiger partial charge on any atom is -0.394 e. The van der Waals surface area contributed by atoms with Crippen LogP contribution in [-0.2, 0) is 49.6 Å². The zero-order valence-electron chi connectivity index (χ0n) is 37.2. The molecule has 360 valence electrons. The molecule has 0 spiro atoms. The van der Waals surface area contributed by atoms with E-state index in [0.29, 0.717) is 11.4 Å². The number of guanidine groups is 1. The lowest BCUT2D eigenvalue weighted by molar-refractivity contribution is -0.134. The maximum absolute atomic E-state index is 13.3. The van der Waals surface area contributed by atoms with Crippen LogP contribution in [0.3, 0.4) is 0 Å². The number of nitrogens with zero attached hydrogens (tertiary/aromatic N) is 2. The van der Waals surface area contributed by atoms with Crippen molar-refractivity contribution in [1.82, 2.24) is 57.8 Å². The molecule has 0 aliphatic rings. The van der Waals surface area contributed by atoms with E-state index in [1.54, 1.807) is 27.7 Å². The molecule has 0 saturated heterocycles. The van der Waals surface area contributed by atoms with Crippen molar-refractivity contribution in [2.24, 2.45) is 34.0 Å². The van der Waals surface area contributed by atoms with E-state index in [-0.39, 0.29) is 63.7 Å². The molecule has 9 amide bonds. The molecule has 26 heteroatoms. The van der Waals surface area contributed by atoms with Crippen LogP contribution in [0.1, 0.15) is 59.6 Å². The summed E-state index contributed by atoms with van der Waals surface area (Å²) >= 11 is 1.46. The molecule has 0 saturated carbocycles.